The average molecular weight is 448 g/mol. The molecule has 4 rings (SSSR count). The normalized spacial score (nSPS) is 11.0. The highest BCUT2D eigenvalue weighted by molar-refractivity contribution is 7.99. The molecule has 0 bridgehead atoms. The van der Waals surface area contributed by atoms with E-state index in [9.17, 15) is 4.79 Å². The summed E-state index contributed by atoms with van der Waals surface area (Å²) < 4.78 is 1.91. The predicted molar refractivity (Wildman–Crippen MR) is 125 cm³/mol. The summed E-state index contributed by atoms with van der Waals surface area (Å²) in [4.78, 5) is 12.3. The lowest BCUT2D eigenvalue weighted by molar-refractivity contribution is -0.118. The highest BCUT2D eigenvalue weighted by Gasteiger charge is 2.17. The van der Waals surface area contributed by atoms with Crippen LogP contribution in [-0.2, 0) is 4.79 Å². The predicted octanol–water partition coefficient (Wildman–Crippen LogP) is 4.83. The Balaban J connectivity index is 1.51. The first-order valence-corrected chi connectivity index (χ1v) is 10.8. The third-order valence-corrected chi connectivity index (χ3v) is 5.47. The molecule has 0 spiro atoms. The third kappa shape index (κ3) is 5.39. The Morgan fingerprint density at radius 1 is 0.968 bits per heavy atom. The van der Waals surface area contributed by atoms with Crippen molar-refractivity contribution in [3.8, 4) is 17.1 Å². The zero-order valence-corrected chi connectivity index (χ0v) is 17.9. The lowest BCUT2D eigenvalue weighted by Crippen LogP contribution is -2.20. The monoisotopic (exact) mass is 447 g/mol. The van der Waals surface area contributed by atoms with Crippen LogP contribution in [0.15, 0.2) is 95.2 Å². The number of nitrogens with zero attached hydrogens (tertiary/aromatic N) is 4. The molecule has 0 aliphatic heterocycles. The summed E-state index contributed by atoms with van der Waals surface area (Å²) in [7, 11) is 0. The Hall–Kier alpha value is -3.42. The molecule has 1 aromatic heterocycles. The Morgan fingerprint density at radius 2 is 1.65 bits per heavy atom. The van der Waals surface area contributed by atoms with Crippen molar-refractivity contribution >= 4 is 35.5 Å². The van der Waals surface area contributed by atoms with Gasteiger partial charge in [-0.3, -0.25) is 9.36 Å². The van der Waals surface area contributed by atoms with Crippen LogP contribution in [0, 0.1) is 0 Å². The van der Waals surface area contributed by atoms with Gasteiger partial charge in [0.25, 0.3) is 5.91 Å². The molecule has 0 saturated carbocycles. The zero-order chi connectivity index (χ0) is 21.5. The number of thioether (sulfide) groups is 1. The average Bonchev–Trinajstić information content (AvgIpc) is 3.23. The summed E-state index contributed by atoms with van der Waals surface area (Å²) in [5.41, 5.74) is 5.23. The number of nitrogens with one attached hydrogen (secondary N) is 1. The summed E-state index contributed by atoms with van der Waals surface area (Å²) in [5, 5.41) is 13.9. The smallest absolute Gasteiger partial charge is 0.250 e. The van der Waals surface area contributed by atoms with E-state index in [0.717, 1.165) is 16.8 Å². The second-order valence-electron chi connectivity index (χ2n) is 6.48. The first kappa shape index (κ1) is 20.8. The number of benzene rings is 3. The van der Waals surface area contributed by atoms with Crippen molar-refractivity contribution in [1.82, 2.24) is 20.2 Å². The fraction of sp³-hybridized carbons (Fsp3) is 0.0435. The van der Waals surface area contributed by atoms with Gasteiger partial charge in [0, 0.05) is 16.3 Å². The van der Waals surface area contributed by atoms with Crippen molar-refractivity contribution in [2.24, 2.45) is 5.10 Å². The number of amides is 1. The molecule has 1 heterocycles. The number of rotatable bonds is 7. The Morgan fingerprint density at radius 3 is 2.35 bits per heavy atom. The molecule has 0 unspecified atom stereocenters. The molecule has 31 heavy (non-hydrogen) atoms. The summed E-state index contributed by atoms with van der Waals surface area (Å²) >= 11 is 7.34. The maximum absolute atomic E-state index is 12.3. The van der Waals surface area contributed by atoms with Crippen molar-refractivity contribution in [2.45, 2.75) is 5.16 Å². The minimum atomic E-state index is -0.232. The molecule has 0 aliphatic rings. The van der Waals surface area contributed by atoms with E-state index >= 15 is 0 Å². The second-order valence-corrected chi connectivity index (χ2v) is 7.86. The Labute approximate surface area is 189 Å². The standard InChI is InChI=1S/C23H18ClN5OS/c24-19-11-13-20(14-12-19)29-22(18-9-5-2-6-10-18)27-28-23(29)31-16-21(30)26-25-15-17-7-3-1-4-8-17/h1-15H,16H2,(H,26,30). The zero-order valence-electron chi connectivity index (χ0n) is 16.4. The summed E-state index contributed by atoms with van der Waals surface area (Å²) in [6.45, 7) is 0. The molecule has 0 aliphatic carbocycles. The third-order valence-electron chi connectivity index (χ3n) is 4.28. The van der Waals surface area contributed by atoms with Crippen molar-refractivity contribution in [2.75, 3.05) is 5.75 Å². The number of hydrazone groups is 1. The Bertz CT molecular complexity index is 1180. The second kappa shape index (κ2) is 10.1. The molecule has 6 nitrogen and oxygen atoms in total. The number of carbonyl (C=O) groups is 1. The van der Waals surface area contributed by atoms with Crippen LogP contribution in [-0.4, -0.2) is 32.6 Å². The topological polar surface area (TPSA) is 72.2 Å². The molecule has 0 radical (unpaired) electrons. The van der Waals surface area contributed by atoms with E-state index in [1.807, 2.05) is 89.5 Å². The minimum absolute atomic E-state index is 0.145. The SMILES string of the molecule is O=C(CSc1nnc(-c2ccccc2)n1-c1ccc(Cl)cc1)NN=Cc1ccccc1. The molecule has 3 aromatic carbocycles. The number of carbonyl (C=O) groups excluding carboxylic acids is 1. The molecule has 8 heteroatoms. The molecule has 4 aromatic rings. The lowest BCUT2D eigenvalue weighted by atomic mass is 10.2. The largest absolute Gasteiger partial charge is 0.272 e. The van der Waals surface area contributed by atoms with Crippen molar-refractivity contribution in [3.05, 3.63) is 95.5 Å². The van der Waals surface area contributed by atoms with E-state index in [2.05, 4.69) is 20.7 Å². The van der Waals surface area contributed by atoms with E-state index < -0.39 is 0 Å². The summed E-state index contributed by atoms with van der Waals surface area (Å²) in [6, 6.07) is 26.7. The molecular formula is C23H18ClN5OS. The van der Waals surface area contributed by atoms with Gasteiger partial charge < -0.3 is 0 Å². The molecule has 0 saturated heterocycles. The molecule has 0 atom stereocenters. The maximum Gasteiger partial charge on any atom is 0.250 e. The van der Waals surface area contributed by atoms with Gasteiger partial charge in [-0.1, -0.05) is 84.0 Å². The van der Waals surface area contributed by atoms with Gasteiger partial charge in [-0.25, -0.2) is 5.43 Å². The van der Waals surface area contributed by atoms with Gasteiger partial charge in [-0.15, -0.1) is 10.2 Å². The highest BCUT2D eigenvalue weighted by Crippen LogP contribution is 2.28. The minimum Gasteiger partial charge on any atom is -0.272 e. The van der Waals surface area contributed by atoms with E-state index in [-0.39, 0.29) is 11.7 Å². The van der Waals surface area contributed by atoms with E-state index in [1.54, 1.807) is 6.21 Å². The first-order chi connectivity index (χ1) is 15.2. The van der Waals surface area contributed by atoms with E-state index in [1.165, 1.54) is 11.8 Å². The van der Waals surface area contributed by atoms with E-state index in [0.29, 0.717) is 16.0 Å². The van der Waals surface area contributed by atoms with Gasteiger partial charge in [0.1, 0.15) is 0 Å². The van der Waals surface area contributed by atoms with Crippen LogP contribution in [0.1, 0.15) is 5.56 Å². The van der Waals surface area contributed by atoms with Gasteiger partial charge >= 0.3 is 0 Å². The fourth-order valence-electron chi connectivity index (χ4n) is 2.84. The van der Waals surface area contributed by atoms with Gasteiger partial charge in [0.15, 0.2) is 11.0 Å². The highest BCUT2D eigenvalue weighted by atomic mass is 35.5. The van der Waals surface area contributed by atoms with Gasteiger partial charge in [-0.2, -0.15) is 5.10 Å². The van der Waals surface area contributed by atoms with Crippen LogP contribution in [0.4, 0.5) is 0 Å². The molecule has 1 amide bonds. The van der Waals surface area contributed by atoms with Crippen LogP contribution in [0.5, 0.6) is 0 Å². The number of halogens is 1. The fourth-order valence-corrected chi connectivity index (χ4v) is 3.71. The van der Waals surface area contributed by atoms with Crippen molar-refractivity contribution in [1.29, 1.82) is 0 Å². The van der Waals surface area contributed by atoms with Gasteiger partial charge in [-0.05, 0) is 29.8 Å². The van der Waals surface area contributed by atoms with Crippen LogP contribution < -0.4 is 5.43 Å². The maximum atomic E-state index is 12.3. The number of aromatic nitrogens is 3. The van der Waals surface area contributed by atoms with Crippen molar-refractivity contribution in [3.63, 3.8) is 0 Å². The molecule has 0 fully saturated rings. The summed E-state index contributed by atoms with van der Waals surface area (Å²) in [6.07, 6.45) is 1.60. The van der Waals surface area contributed by atoms with Crippen LogP contribution >= 0.6 is 23.4 Å². The van der Waals surface area contributed by atoms with Crippen molar-refractivity contribution < 1.29 is 4.79 Å². The number of hydrogen-bond acceptors (Lipinski definition) is 5. The molecular weight excluding hydrogens is 430 g/mol. The van der Waals surface area contributed by atoms with Gasteiger partial charge in [0.2, 0.25) is 0 Å². The van der Waals surface area contributed by atoms with Crippen LogP contribution in [0.3, 0.4) is 0 Å². The van der Waals surface area contributed by atoms with E-state index in [4.69, 9.17) is 11.6 Å². The van der Waals surface area contributed by atoms with Crippen LogP contribution in [0.25, 0.3) is 17.1 Å². The number of hydrogen-bond donors (Lipinski definition) is 1. The quantitative estimate of drug-likeness (QED) is 0.250. The lowest BCUT2D eigenvalue weighted by Gasteiger charge is -2.10. The first-order valence-electron chi connectivity index (χ1n) is 9.47. The molecule has 154 valence electrons. The van der Waals surface area contributed by atoms with Gasteiger partial charge in [0.05, 0.1) is 12.0 Å². The Kier molecular flexibility index (Phi) is 6.76. The molecule has 1 N–H and O–H groups in total. The summed E-state index contributed by atoms with van der Waals surface area (Å²) in [5.74, 6) is 0.601. The van der Waals surface area contributed by atoms with Crippen LogP contribution in [0.2, 0.25) is 5.02 Å².